The van der Waals surface area contributed by atoms with Gasteiger partial charge in [0.2, 0.25) is 5.95 Å². The van der Waals surface area contributed by atoms with Crippen LogP contribution in [0.15, 0.2) is 97.3 Å². The van der Waals surface area contributed by atoms with E-state index in [4.69, 9.17) is 14.5 Å². The average molecular weight is 577 g/mol. The lowest BCUT2D eigenvalue weighted by molar-refractivity contribution is 0.126. The van der Waals surface area contributed by atoms with Crippen molar-refractivity contribution < 1.29 is 14.6 Å². The maximum absolute atomic E-state index is 9.32. The normalized spacial score (nSPS) is 14.0. The highest BCUT2D eigenvalue weighted by molar-refractivity contribution is 5.65. The van der Waals surface area contributed by atoms with Crippen molar-refractivity contribution in [3.63, 3.8) is 0 Å². The summed E-state index contributed by atoms with van der Waals surface area (Å²) in [6, 6.07) is 27.2. The molecule has 5 aromatic rings. The van der Waals surface area contributed by atoms with Crippen molar-refractivity contribution in [2.45, 2.75) is 19.3 Å². The molecule has 0 atom stereocenters. The number of H-pyrrole nitrogens is 1. The van der Waals surface area contributed by atoms with Gasteiger partial charge in [-0.1, -0.05) is 36.4 Å². The van der Waals surface area contributed by atoms with Gasteiger partial charge in [-0.05, 0) is 80.7 Å². The Morgan fingerprint density at radius 3 is 2.56 bits per heavy atom. The van der Waals surface area contributed by atoms with E-state index in [1.165, 1.54) is 0 Å². The Hall–Kier alpha value is -4.73. The summed E-state index contributed by atoms with van der Waals surface area (Å²) in [5.41, 5.74) is 3.27. The molecule has 0 saturated carbocycles. The summed E-state index contributed by atoms with van der Waals surface area (Å²) in [5.74, 6) is 3.99. The van der Waals surface area contributed by atoms with Crippen molar-refractivity contribution in [2.75, 3.05) is 38.2 Å². The number of ether oxygens (including phenoxy) is 2. The van der Waals surface area contributed by atoms with Crippen LogP contribution in [0.3, 0.4) is 0 Å². The van der Waals surface area contributed by atoms with E-state index >= 15 is 0 Å². The van der Waals surface area contributed by atoms with Gasteiger partial charge in [0.05, 0.1) is 24.2 Å². The molecule has 6 rings (SSSR count). The van der Waals surface area contributed by atoms with Crippen molar-refractivity contribution in [3.8, 4) is 40.0 Å². The highest BCUT2D eigenvalue weighted by Gasteiger charge is 2.17. The minimum atomic E-state index is 0.307. The molecule has 0 unspecified atom stereocenters. The van der Waals surface area contributed by atoms with Crippen LogP contribution in [0, 0.1) is 5.92 Å². The van der Waals surface area contributed by atoms with Gasteiger partial charge in [0.1, 0.15) is 23.1 Å². The molecule has 2 aromatic heterocycles. The minimum Gasteiger partial charge on any atom is -0.493 e. The number of likely N-dealkylation sites (tertiary alicyclic amines) is 1. The molecule has 0 radical (unpaired) electrons. The van der Waals surface area contributed by atoms with Crippen LogP contribution in [-0.4, -0.2) is 62.8 Å². The van der Waals surface area contributed by atoms with Crippen LogP contribution in [0.2, 0.25) is 0 Å². The Labute approximate surface area is 251 Å². The molecule has 1 aliphatic rings. The van der Waals surface area contributed by atoms with Crippen LogP contribution in [0.1, 0.15) is 19.3 Å². The third kappa shape index (κ3) is 7.77. The van der Waals surface area contributed by atoms with Crippen LogP contribution in [0.4, 0.5) is 11.6 Å². The monoisotopic (exact) mass is 576 g/mol. The van der Waals surface area contributed by atoms with E-state index in [0.717, 1.165) is 84.6 Å². The van der Waals surface area contributed by atoms with Gasteiger partial charge < -0.3 is 29.8 Å². The van der Waals surface area contributed by atoms with E-state index in [1.54, 1.807) is 12.4 Å². The number of hydrogen-bond acceptors (Lipinski definition) is 8. The first-order valence-electron chi connectivity index (χ1n) is 14.8. The lowest BCUT2D eigenvalue weighted by atomic mass is 9.98. The Balaban J connectivity index is 1.05. The van der Waals surface area contributed by atoms with Gasteiger partial charge in [-0.15, -0.1) is 0 Å². The molecule has 1 fully saturated rings. The molecule has 1 aliphatic heterocycles. The summed E-state index contributed by atoms with van der Waals surface area (Å²) in [7, 11) is 0. The second-order valence-corrected chi connectivity index (χ2v) is 10.7. The number of aliphatic hydroxyl groups is 1. The quantitative estimate of drug-likeness (QED) is 0.144. The van der Waals surface area contributed by atoms with Gasteiger partial charge in [0.15, 0.2) is 0 Å². The molecular formula is C34H36N6O3. The first-order chi connectivity index (χ1) is 21.2. The van der Waals surface area contributed by atoms with Crippen LogP contribution < -0.4 is 14.8 Å². The van der Waals surface area contributed by atoms with Gasteiger partial charge in [-0.3, -0.25) is 0 Å². The molecular weight excluding hydrogens is 540 g/mol. The van der Waals surface area contributed by atoms with E-state index in [9.17, 15) is 5.11 Å². The molecule has 3 aromatic carbocycles. The third-order valence-corrected chi connectivity index (χ3v) is 7.54. The first kappa shape index (κ1) is 28.4. The number of anilines is 2. The van der Waals surface area contributed by atoms with Crippen molar-refractivity contribution in [2.24, 2.45) is 5.92 Å². The van der Waals surface area contributed by atoms with Crippen LogP contribution in [0.25, 0.3) is 22.8 Å². The topological polar surface area (TPSA) is 108 Å². The van der Waals surface area contributed by atoms with Crippen molar-refractivity contribution >= 4 is 11.6 Å². The Morgan fingerprint density at radius 2 is 1.70 bits per heavy atom. The molecule has 43 heavy (non-hydrogen) atoms. The molecule has 0 spiro atoms. The standard InChI is InChI=1S/C34H36N6O3/c41-24-25-14-18-40(19-15-25)17-6-20-42-29-11-5-8-27(22-29)37-34-35-16-13-31(39-34)32-23-36-33(38-32)26-7-4-12-30(21-26)43-28-9-2-1-3-10-28/h1-5,7-13,16,21-23,25,41H,6,14-15,17-20,24H2,(H,36,38)(H,35,37,39). The molecule has 9 nitrogen and oxygen atoms in total. The average Bonchev–Trinajstić information content (AvgIpc) is 3.55. The molecule has 0 aliphatic carbocycles. The zero-order chi connectivity index (χ0) is 29.3. The summed E-state index contributed by atoms with van der Waals surface area (Å²) in [5, 5.41) is 12.6. The van der Waals surface area contributed by atoms with E-state index in [1.807, 2.05) is 84.9 Å². The summed E-state index contributed by atoms with van der Waals surface area (Å²) < 4.78 is 12.0. The molecule has 3 N–H and O–H groups in total. The number of aromatic amines is 1. The number of para-hydroxylation sites is 1. The van der Waals surface area contributed by atoms with Gasteiger partial charge in [0.25, 0.3) is 0 Å². The Morgan fingerprint density at radius 1 is 0.884 bits per heavy atom. The highest BCUT2D eigenvalue weighted by atomic mass is 16.5. The second kappa shape index (κ2) is 14.0. The summed E-state index contributed by atoms with van der Waals surface area (Å²) in [6.07, 6.45) is 6.62. The van der Waals surface area contributed by atoms with Crippen LogP contribution in [-0.2, 0) is 0 Å². The van der Waals surface area contributed by atoms with Crippen LogP contribution in [0.5, 0.6) is 17.2 Å². The predicted molar refractivity (Wildman–Crippen MR) is 168 cm³/mol. The number of benzene rings is 3. The largest absolute Gasteiger partial charge is 0.493 e. The van der Waals surface area contributed by atoms with E-state index < -0.39 is 0 Å². The van der Waals surface area contributed by atoms with Crippen molar-refractivity contribution in [1.82, 2.24) is 24.8 Å². The second-order valence-electron chi connectivity index (χ2n) is 10.7. The molecule has 9 heteroatoms. The smallest absolute Gasteiger partial charge is 0.227 e. The number of nitrogens with zero attached hydrogens (tertiary/aromatic N) is 4. The van der Waals surface area contributed by atoms with E-state index in [2.05, 4.69) is 25.2 Å². The van der Waals surface area contributed by atoms with Crippen LogP contribution >= 0.6 is 0 Å². The van der Waals surface area contributed by atoms with Gasteiger partial charge in [-0.25, -0.2) is 15.0 Å². The van der Waals surface area contributed by atoms with E-state index in [-0.39, 0.29) is 0 Å². The number of aromatic nitrogens is 4. The van der Waals surface area contributed by atoms with Gasteiger partial charge >= 0.3 is 0 Å². The SMILES string of the molecule is OCC1CCN(CCCOc2cccc(Nc3nccc(-c4cnc(-c5cccc(Oc6ccccc6)c5)[nH]4)n3)c2)CC1. The Kier molecular flexibility index (Phi) is 9.22. The number of nitrogens with one attached hydrogen (secondary N) is 2. The number of hydrogen-bond donors (Lipinski definition) is 3. The van der Waals surface area contributed by atoms with E-state index in [0.29, 0.717) is 25.1 Å². The predicted octanol–water partition coefficient (Wildman–Crippen LogP) is 6.54. The zero-order valence-electron chi connectivity index (χ0n) is 24.0. The highest BCUT2D eigenvalue weighted by Crippen LogP contribution is 2.28. The van der Waals surface area contributed by atoms with Crippen molar-refractivity contribution in [3.05, 3.63) is 97.3 Å². The van der Waals surface area contributed by atoms with Crippen molar-refractivity contribution in [1.29, 1.82) is 0 Å². The number of aliphatic hydroxyl groups excluding tert-OH is 1. The Bertz CT molecular complexity index is 1600. The molecule has 0 bridgehead atoms. The molecule has 3 heterocycles. The lowest BCUT2D eigenvalue weighted by Crippen LogP contribution is -2.35. The third-order valence-electron chi connectivity index (χ3n) is 7.54. The summed E-state index contributed by atoms with van der Waals surface area (Å²) >= 11 is 0. The fourth-order valence-corrected chi connectivity index (χ4v) is 5.16. The number of imidazole rings is 1. The van der Waals surface area contributed by atoms with Gasteiger partial charge in [-0.2, -0.15) is 0 Å². The summed E-state index contributed by atoms with van der Waals surface area (Å²) in [4.78, 5) is 19.5. The zero-order valence-corrected chi connectivity index (χ0v) is 24.0. The fourth-order valence-electron chi connectivity index (χ4n) is 5.16. The molecule has 220 valence electrons. The summed E-state index contributed by atoms with van der Waals surface area (Å²) in [6.45, 7) is 4.08. The minimum absolute atomic E-state index is 0.307. The van der Waals surface area contributed by atoms with Gasteiger partial charge in [0, 0.05) is 36.7 Å². The maximum Gasteiger partial charge on any atom is 0.227 e. The molecule has 0 amide bonds. The fraction of sp³-hybridized carbons (Fsp3) is 0.265. The maximum atomic E-state index is 9.32. The lowest BCUT2D eigenvalue weighted by Gasteiger charge is -2.30. The molecule has 1 saturated heterocycles. The number of rotatable bonds is 12. The first-order valence-corrected chi connectivity index (χ1v) is 14.8. The number of piperidine rings is 1.